The minimum absolute atomic E-state index is 0.606. The lowest BCUT2D eigenvalue weighted by Crippen LogP contribution is -2.54. The van der Waals surface area contributed by atoms with Crippen molar-refractivity contribution in [2.24, 2.45) is 5.41 Å². The predicted octanol–water partition coefficient (Wildman–Crippen LogP) is 2.64. The summed E-state index contributed by atoms with van der Waals surface area (Å²) in [7, 11) is 0. The fraction of sp³-hybridized carbons (Fsp3) is 1.00. The molecule has 16 heavy (non-hydrogen) atoms. The summed E-state index contributed by atoms with van der Waals surface area (Å²) in [4.78, 5) is 2.75. The zero-order valence-electron chi connectivity index (χ0n) is 11.3. The Morgan fingerprint density at radius 2 is 1.94 bits per heavy atom. The third-order valence-corrected chi connectivity index (χ3v) is 4.60. The zero-order chi connectivity index (χ0) is 11.6. The van der Waals surface area contributed by atoms with Gasteiger partial charge in [-0.2, -0.15) is 0 Å². The second-order valence-electron chi connectivity index (χ2n) is 6.45. The highest BCUT2D eigenvalue weighted by molar-refractivity contribution is 4.87. The summed E-state index contributed by atoms with van der Waals surface area (Å²) in [5.41, 5.74) is 0.606. The quantitative estimate of drug-likeness (QED) is 0.776. The van der Waals surface area contributed by atoms with Crippen LogP contribution in [0.4, 0.5) is 0 Å². The van der Waals surface area contributed by atoms with E-state index in [1.54, 1.807) is 0 Å². The van der Waals surface area contributed by atoms with Gasteiger partial charge in [0.25, 0.3) is 0 Å². The van der Waals surface area contributed by atoms with Crippen molar-refractivity contribution in [2.75, 3.05) is 19.6 Å². The van der Waals surface area contributed by atoms with Gasteiger partial charge in [-0.3, -0.25) is 4.90 Å². The number of hydrogen-bond donors (Lipinski definition) is 1. The first-order valence-electron chi connectivity index (χ1n) is 7.08. The average Bonchev–Trinajstić information content (AvgIpc) is 2.29. The molecular weight excluding hydrogens is 196 g/mol. The van der Waals surface area contributed by atoms with E-state index < -0.39 is 0 Å². The molecule has 2 rings (SSSR count). The van der Waals surface area contributed by atoms with E-state index >= 15 is 0 Å². The Labute approximate surface area is 101 Å². The van der Waals surface area contributed by atoms with Crippen LogP contribution in [0.3, 0.4) is 0 Å². The largest absolute Gasteiger partial charge is 0.311 e. The van der Waals surface area contributed by atoms with E-state index in [4.69, 9.17) is 0 Å². The molecule has 0 aromatic rings. The molecule has 94 valence electrons. The summed E-state index contributed by atoms with van der Waals surface area (Å²) in [5.74, 6) is 0. The second-order valence-corrected chi connectivity index (χ2v) is 6.45. The van der Waals surface area contributed by atoms with Crippen LogP contribution >= 0.6 is 0 Å². The molecule has 1 heterocycles. The van der Waals surface area contributed by atoms with Crippen molar-refractivity contribution < 1.29 is 0 Å². The van der Waals surface area contributed by atoms with E-state index in [0.717, 1.165) is 12.1 Å². The lowest BCUT2D eigenvalue weighted by atomic mass is 9.75. The van der Waals surface area contributed by atoms with E-state index in [2.05, 4.69) is 31.0 Å². The van der Waals surface area contributed by atoms with Gasteiger partial charge in [0.15, 0.2) is 0 Å². The third kappa shape index (κ3) is 2.98. The van der Waals surface area contributed by atoms with Crippen LogP contribution in [0.5, 0.6) is 0 Å². The molecule has 1 saturated carbocycles. The monoisotopic (exact) mass is 224 g/mol. The molecule has 0 bridgehead atoms. The van der Waals surface area contributed by atoms with Crippen LogP contribution in [0.1, 0.15) is 52.9 Å². The Morgan fingerprint density at radius 1 is 1.25 bits per heavy atom. The maximum Gasteiger partial charge on any atom is 0.0193 e. The number of piperazine rings is 1. The highest BCUT2D eigenvalue weighted by atomic mass is 15.2. The van der Waals surface area contributed by atoms with Crippen molar-refractivity contribution in [1.82, 2.24) is 10.2 Å². The van der Waals surface area contributed by atoms with Gasteiger partial charge >= 0.3 is 0 Å². The first-order valence-corrected chi connectivity index (χ1v) is 7.08. The molecule has 0 aromatic heterocycles. The summed E-state index contributed by atoms with van der Waals surface area (Å²) in [6, 6.07) is 1.62. The SMILES string of the molecule is CCC1CN(C2CCC(C)(C)CC2)CCN1. The molecule has 1 saturated heterocycles. The van der Waals surface area contributed by atoms with E-state index in [1.807, 2.05) is 0 Å². The molecular formula is C14H28N2. The Bertz CT molecular complexity index is 215. The van der Waals surface area contributed by atoms with Crippen molar-refractivity contribution in [3.8, 4) is 0 Å². The van der Waals surface area contributed by atoms with Crippen molar-refractivity contribution in [1.29, 1.82) is 0 Å². The van der Waals surface area contributed by atoms with Crippen molar-refractivity contribution >= 4 is 0 Å². The second kappa shape index (κ2) is 5.05. The summed E-state index contributed by atoms with van der Waals surface area (Å²) < 4.78 is 0. The van der Waals surface area contributed by atoms with Gasteiger partial charge in [0, 0.05) is 31.7 Å². The molecule has 2 nitrogen and oxygen atoms in total. The van der Waals surface area contributed by atoms with Gasteiger partial charge in [0.1, 0.15) is 0 Å². The first-order chi connectivity index (χ1) is 7.61. The molecule has 2 heteroatoms. The van der Waals surface area contributed by atoms with E-state index in [0.29, 0.717) is 5.41 Å². The highest BCUT2D eigenvalue weighted by Crippen LogP contribution is 2.37. The summed E-state index contributed by atoms with van der Waals surface area (Å²) in [6.45, 7) is 10.9. The minimum atomic E-state index is 0.606. The molecule has 2 fully saturated rings. The summed E-state index contributed by atoms with van der Waals surface area (Å²) in [6.07, 6.45) is 6.94. The fourth-order valence-electron chi connectivity index (χ4n) is 3.21. The van der Waals surface area contributed by atoms with Crippen LogP contribution in [-0.4, -0.2) is 36.6 Å². The Kier molecular flexibility index (Phi) is 3.91. The van der Waals surface area contributed by atoms with Crippen LogP contribution in [0.2, 0.25) is 0 Å². The van der Waals surface area contributed by atoms with Gasteiger partial charge in [0.05, 0.1) is 0 Å². The van der Waals surface area contributed by atoms with Crippen LogP contribution in [0.25, 0.3) is 0 Å². The van der Waals surface area contributed by atoms with Gasteiger partial charge in [-0.25, -0.2) is 0 Å². The Hall–Kier alpha value is -0.0800. The van der Waals surface area contributed by atoms with Crippen LogP contribution in [0, 0.1) is 5.41 Å². The smallest absolute Gasteiger partial charge is 0.0193 e. The molecule has 0 amide bonds. The maximum absolute atomic E-state index is 3.61. The van der Waals surface area contributed by atoms with E-state index in [9.17, 15) is 0 Å². The first kappa shape index (κ1) is 12.4. The molecule has 2 aliphatic rings. The molecule has 0 aromatic carbocycles. The predicted molar refractivity (Wildman–Crippen MR) is 69.7 cm³/mol. The van der Waals surface area contributed by atoms with Crippen molar-refractivity contribution in [2.45, 2.75) is 65.0 Å². The summed E-state index contributed by atoms with van der Waals surface area (Å²) in [5, 5.41) is 3.61. The van der Waals surface area contributed by atoms with Crippen LogP contribution in [-0.2, 0) is 0 Å². The molecule has 0 spiro atoms. The number of nitrogens with zero attached hydrogens (tertiary/aromatic N) is 1. The lowest BCUT2D eigenvalue weighted by Gasteiger charge is -2.43. The Balaban J connectivity index is 1.84. The van der Waals surface area contributed by atoms with E-state index in [1.165, 1.54) is 51.7 Å². The van der Waals surface area contributed by atoms with Gasteiger partial charge < -0.3 is 5.32 Å². The molecule has 1 aliphatic carbocycles. The standard InChI is InChI=1S/C14H28N2/c1-4-12-11-16(10-9-15-12)13-5-7-14(2,3)8-6-13/h12-13,15H,4-11H2,1-3H3. The fourth-order valence-corrected chi connectivity index (χ4v) is 3.21. The lowest BCUT2D eigenvalue weighted by molar-refractivity contribution is 0.0808. The maximum atomic E-state index is 3.61. The molecule has 1 aliphatic heterocycles. The van der Waals surface area contributed by atoms with Gasteiger partial charge in [-0.15, -0.1) is 0 Å². The molecule has 1 unspecified atom stereocenters. The Morgan fingerprint density at radius 3 is 2.56 bits per heavy atom. The van der Waals surface area contributed by atoms with Crippen LogP contribution < -0.4 is 5.32 Å². The molecule has 1 N–H and O–H groups in total. The van der Waals surface area contributed by atoms with Crippen molar-refractivity contribution in [3.05, 3.63) is 0 Å². The summed E-state index contributed by atoms with van der Waals surface area (Å²) >= 11 is 0. The van der Waals surface area contributed by atoms with Gasteiger partial charge in [-0.05, 0) is 37.5 Å². The third-order valence-electron chi connectivity index (χ3n) is 4.60. The van der Waals surface area contributed by atoms with Gasteiger partial charge in [0.2, 0.25) is 0 Å². The van der Waals surface area contributed by atoms with Crippen molar-refractivity contribution in [3.63, 3.8) is 0 Å². The molecule has 0 radical (unpaired) electrons. The average molecular weight is 224 g/mol. The number of nitrogens with one attached hydrogen (secondary N) is 1. The normalized spacial score (nSPS) is 32.8. The zero-order valence-corrected chi connectivity index (χ0v) is 11.3. The van der Waals surface area contributed by atoms with Gasteiger partial charge in [-0.1, -0.05) is 20.8 Å². The topological polar surface area (TPSA) is 15.3 Å². The minimum Gasteiger partial charge on any atom is -0.311 e. The highest BCUT2D eigenvalue weighted by Gasteiger charge is 2.31. The molecule has 1 atom stereocenters. The number of hydrogen-bond acceptors (Lipinski definition) is 2. The van der Waals surface area contributed by atoms with Crippen LogP contribution in [0.15, 0.2) is 0 Å². The number of rotatable bonds is 2. The van der Waals surface area contributed by atoms with E-state index in [-0.39, 0.29) is 0 Å².